The highest BCUT2D eigenvalue weighted by atomic mass is 16.3. The average Bonchev–Trinajstić information content (AvgIpc) is 3.04. The second kappa shape index (κ2) is 8.58. The van der Waals surface area contributed by atoms with Crippen molar-refractivity contribution in [3.05, 3.63) is 23.8 Å². The lowest BCUT2D eigenvalue weighted by Gasteiger charge is -2.58. The van der Waals surface area contributed by atoms with Gasteiger partial charge >= 0.3 is 0 Å². The minimum Gasteiger partial charge on any atom is -0.393 e. The molecule has 1 N–H and O–H groups in total. The van der Waals surface area contributed by atoms with Gasteiger partial charge in [-0.1, -0.05) is 65.3 Å². The second-order valence-corrected chi connectivity index (χ2v) is 14.2. The molecule has 0 radical (unpaired) electrons. The second-order valence-electron chi connectivity index (χ2n) is 14.2. The lowest BCUT2D eigenvalue weighted by molar-refractivity contribution is -0.0575. The van der Waals surface area contributed by atoms with Gasteiger partial charge in [0.25, 0.3) is 0 Å². The molecule has 0 aromatic carbocycles. The third-order valence-electron chi connectivity index (χ3n) is 11.4. The fourth-order valence-electron chi connectivity index (χ4n) is 9.67. The van der Waals surface area contributed by atoms with Crippen molar-refractivity contribution in [2.75, 3.05) is 0 Å². The third kappa shape index (κ3) is 4.08. The predicted molar refractivity (Wildman–Crippen MR) is 137 cm³/mol. The predicted octanol–water partition coefficient (Wildman–Crippen LogP) is 8.58. The number of rotatable bonds is 5. The summed E-state index contributed by atoms with van der Waals surface area (Å²) in [5, 5.41) is 10.3. The normalized spacial score (nSPS) is 43.5. The van der Waals surface area contributed by atoms with Crippen LogP contribution in [-0.2, 0) is 0 Å². The first-order valence-corrected chi connectivity index (χ1v) is 13.9. The zero-order chi connectivity index (χ0) is 23.5. The Morgan fingerprint density at radius 2 is 1.81 bits per heavy atom. The highest BCUT2D eigenvalue weighted by molar-refractivity contribution is 5.25. The molecule has 32 heavy (non-hydrogen) atoms. The third-order valence-corrected chi connectivity index (χ3v) is 11.4. The fraction of sp³-hybridized carbons (Fsp3) is 0.871. The van der Waals surface area contributed by atoms with Crippen LogP contribution < -0.4 is 0 Å². The number of fused-ring (bicyclic) bond motifs is 5. The van der Waals surface area contributed by atoms with Gasteiger partial charge in [0, 0.05) is 0 Å². The van der Waals surface area contributed by atoms with E-state index in [1.54, 1.807) is 5.57 Å². The molecule has 3 fully saturated rings. The molecule has 182 valence electrons. The van der Waals surface area contributed by atoms with Gasteiger partial charge < -0.3 is 5.11 Å². The minimum absolute atomic E-state index is 0.0902. The first kappa shape index (κ1) is 24.6. The van der Waals surface area contributed by atoms with E-state index in [4.69, 9.17) is 0 Å². The molecule has 4 rings (SSSR count). The Labute approximate surface area is 199 Å². The van der Waals surface area contributed by atoms with Gasteiger partial charge in [-0.15, -0.1) is 0 Å². The van der Waals surface area contributed by atoms with Crippen LogP contribution in [0.1, 0.15) is 113 Å². The topological polar surface area (TPSA) is 20.2 Å². The molecule has 1 nitrogen and oxygen atoms in total. The smallest absolute Gasteiger partial charge is 0.0577 e. The van der Waals surface area contributed by atoms with E-state index in [2.05, 4.69) is 61.1 Å². The number of aliphatic hydroxyl groups excluding tert-OH is 1. The summed E-state index contributed by atoms with van der Waals surface area (Å²) < 4.78 is 0. The Balaban J connectivity index is 1.48. The van der Waals surface area contributed by atoms with Crippen LogP contribution in [0.2, 0.25) is 0 Å². The van der Waals surface area contributed by atoms with E-state index in [0.29, 0.717) is 22.2 Å². The molecule has 4 aliphatic carbocycles. The van der Waals surface area contributed by atoms with Crippen LogP contribution in [0.4, 0.5) is 0 Å². The van der Waals surface area contributed by atoms with Crippen molar-refractivity contribution in [2.24, 2.45) is 51.8 Å². The first-order chi connectivity index (χ1) is 14.9. The minimum atomic E-state index is -0.0902. The molecule has 0 amide bonds. The summed E-state index contributed by atoms with van der Waals surface area (Å²) in [6.45, 7) is 21.6. The van der Waals surface area contributed by atoms with Gasteiger partial charge in [-0.2, -0.15) is 0 Å². The molecule has 3 saturated carbocycles. The van der Waals surface area contributed by atoms with Crippen molar-refractivity contribution < 1.29 is 5.11 Å². The molecule has 1 unspecified atom stereocenters. The Morgan fingerprint density at radius 3 is 2.47 bits per heavy atom. The first-order valence-electron chi connectivity index (χ1n) is 13.9. The number of hydrogen-bond donors (Lipinski definition) is 1. The molecule has 0 aromatic heterocycles. The maximum atomic E-state index is 10.3. The molecule has 0 aromatic rings. The van der Waals surface area contributed by atoms with Gasteiger partial charge in [0.15, 0.2) is 0 Å². The van der Waals surface area contributed by atoms with E-state index in [9.17, 15) is 5.11 Å². The molecule has 0 bridgehead atoms. The van der Waals surface area contributed by atoms with Gasteiger partial charge in [0.2, 0.25) is 0 Å². The molecular weight excluding hydrogens is 388 g/mol. The SMILES string of the molecule is C=C(C)C(CC[C@@H](C)[C@H]1CC[C@H]2[C@@H]3CC=C4C[C@@H](O)CC[C@]4(C)[C@H]3CC[C@]12C)C(C)(C)C. The summed E-state index contributed by atoms with van der Waals surface area (Å²) in [4.78, 5) is 0. The standard InChI is InChI=1S/C31H52O/c1-20(2)25(29(4,5)6)12-9-21(3)26-13-14-27-24-11-10-22-19-23(32)15-17-30(22,7)28(24)16-18-31(26,27)8/h10,21,23-28,32H,1,9,11-19H2,2-8H3/t21-,23+,24+,25?,26-,27+,28+,30+,31-/m1/s1. The van der Waals surface area contributed by atoms with Crippen molar-refractivity contribution in [2.45, 2.75) is 119 Å². The molecule has 0 heterocycles. The van der Waals surface area contributed by atoms with Crippen LogP contribution in [0.5, 0.6) is 0 Å². The summed E-state index contributed by atoms with van der Waals surface area (Å²) >= 11 is 0. The van der Waals surface area contributed by atoms with Gasteiger partial charge in [-0.3, -0.25) is 0 Å². The summed E-state index contributed by atoms with van der Waals surface area (Å²) in [5.41, 5.74) is 4.21. The van der Waals surface area contributed by atoms with E-state index in [0.717, 1.165) is 42.4 Å². The molecule has 0 spiro atoms. The summed E-state index contributed by atoms with van der Waals surface area (Å²) in [6.07, 6.45) is 15.4. The Morgan fingerprint density at radius 1 is 1.09 bits per heavy atom. The molecule has 0 saturated heterocycles. The van der Waals surface area contributed by atoms with Crippen molar-refractivity contribution in [1.29, 1.82) is 0 Å². The number of hydrogen-bond acceptors (Lipinski definition) is 1. The highest BCUT2D eigenvalue weighted by Gasteiger charge is 2.59. The number of allylic oxidation sites excluding steroid dienone is 2. The van der Waals surface area contributed by atoms with Gasteiger partial charge in [0.1, 0.15) is 0 Å². The monoisotopic (exact) mass is 440 g/mol. The van der Waals surface area contributed by atoms with E-state index in [1.165, 1.54) is 56.9 Å². The van der Waals surface area contributed by atoms with Crippen LogP contribution >= 0.6 is 0 Å². The largest absolute Gasteiger partial charge is 0.393 e. The van der Waals surface area contributed by atoms with Gasteiger partial charge in [-0.05, 0) is 123 Å². The summed E-state index contributed by atoms with van der Waals surface area (Å²) in [7, 11) is 0. The zero-order valence-corrected chi connectivity index (χ0v) is 22.3. The lowest BCUT2D eigenvalue weighted by Crippen LogP contribution is -2.50. The van der Waals surface area contributed by atoms with Crippen LogP contribution in [0.15, 0.2) is 23.8 Å². The average molecular weight is 441 g/mol. The number of aliphatic hydroxyl groups is 1. The Bertz CT molecular complexity index is 740. The Kier molecular flexibility index (Phi) is 6.59. The quantitative estimate of drug-likeness (QED) is 0.424. The van der Waals surface area contributed by atoms with Crippen LogP contribution in [0.25, 0.3) is 0 Å². The molecule has 4 aliphatic rings. The van der Waals surface area contributed by atoms with Crippen LogP contribution in [0.3, 0.4) is 0 Å². The van der Waals surface area contributed by atoms with E-state index in [-0.39, 0.29) is 6.10 Å². The van der Waals surface area contributed by atoms with Crippen LogP contribution in [-0.4, -0.2) is 11.2 Å². The highest BCUT2D eigenvalue weighted by Crippen LogP contribution is 2.67. The molecule has 9 atom stereocenters. The van der Waals surface area contributed by atoms with Gasteiger partial charge in [0.05, 0.1) is 6.10 Å². The Hall–Kier alpha value is -0.560. The van der Waals surface area contributed by atoms with Crippen LogP contribution in [0, 0.1) is 51.8 Å². The van der Waals surface area contributed by atoms with E-state index in [1.807, 2.05) is 0 Å². The zero-order valence-electron chi connectivity index (χ0n) is 22.3. The van der Waals surface area contributed by atoms with Crippen molar-refractivity contribution in [3.8, 4) is 0 Å². The van der Waals surface area contributed by atoms with Crippen molar-refractivity contribution in [3.63, 3.8) is 0 Å². The lowest BCUT2D eigenvalue weighted by atomic mass is 9.47. The van der Waals surface area contributed by atoms with E-state index >= 15 is 0 Å². The summed E-state index contributed by atoms with van der Waals surface area (Å²) in [6, 6.07) is 0. The molecular formula is C31H52O. The van der Waals surface area contributed by atoms with Crippen molar-refractivity contribution >= 4 is 0 Å². The molecule has 1 heteroatoms. The maximum Gasteiger partial charge on any atom is 0.0577 e. The summed E-state index contributed by atoms with van der Waals surface area (Å²) in [5.74, 6) is 5.00. The molecule has 0 aliphatic heterocycles. The van der Waals surface area contributed by atoms with E-state index < -0.39 is 0 Å². The fourth-order valence-corrected chi connectivity index (χ4v) is 9.67. The van der Waals surface area contributed by atoms with Crippen molar-refractivity contribution in [1.82, 2.24) is 0 Å². The maximum absolute atomic E-state index is 10.3. The van der Waals surface area contributed by atoms with Gasteiger partial charge in [-0.25, -0.2) is 0 Å².